The average molecular weight is 317 g/mol. The van der Waals surface area contributed by atoms with Gasteiger partial charge in [0.1, 0.15) is 0 Å². The average Bonchev–Trinajstić information content (AvgIpc) is 2.59. The van der Waals surface area contributed by atoms with Crippen LogP contribution in [0.2, 0.25) is 0 Å². The maximum atomic E-state index is 11.4. The molecule has 2 aromatic rings. The molecule has 0 bridgehead atoms. The summed E-state index contributed by atoms with van der Waals surface area (Å²) < 4.78 is 9.64. The summed E-state index contributed by atoms with van der Waals surface area (Å²) in [5, 5.41) is 14.0. The largest absolute Gasteiger partial charge is 0.465 e. The van der Waals surface area contributed by atoms with Crippen LogP contribution in [0, 0.1) is 0 Å². The Morgan fingerprint density at radius 3 is 2.70 bits per heavy atom. The summed E-state index contributed by atoms with van der Waals surface area (Å²) >= 11 is 0. The third-order valence-corrected chi connectivity index (χ3v) is 2.95. The minimum atomic E-state index is -0.378. The minimum Gasteiger partial charge on any atom is -0.465 e. The molecule has 0 fully saturated rings. The lowest BCUT2D eigenvalue weighted by atomic mass is 10.2. The first-order valence-corrected chi connectivity index (χ1v) is 7.11. The lowest BCUT2D eigenvalue weighted by Gasteiger charge is -2.08. The Balaban J connectivity index is 1.95. The van der Waals surface area contributed by atoms with E-state index in [2.05, 4.69) is 30.6 Å². The monoisotopic (exact) mass is 317 g/mol. The van der Waals surface area contributed by atoms with E-state index in [1.165, 1.54) is 7.11 Å². The van der Waals surface area contributed by atoms with Crippen LogP contribution in [0.15, 0.2) is 30.5 Å². The standard InChI is InChI=1S/C15H19N5O3/c1-22-9-3-8-16-13-10-17-20-15(19-13)18-12-6-4-11(5-7-12)14(21)23-2/h4-7,10H,3,8-9H2,1-2H3,(H2,16,18,19,20). The van der Waals surface area contributed by atoms with E-state index < -0.39 is 0 Å². The molecular formula is C15H19N5O3. The Bertz CT molecular complexity index is 633. The summed E-state index contributed by atoms with van der Waals surface area (Å²) in [6.45, 7) is 1.42. The molecule has 0 saturated carbocycles. The number of carbonyl (C=O) groups excluding carboxylic acids is 1. The van der Waals surface area contributed by atoms with Gasteiger partial charge in [-0.05, 0) is 30.7 Å². The second kappa shape index (κ2) is 8.64. The number of anilines is 3. The van der Waals surface area contributed by atoms with E-state index in [4.69, 9.17) is 4.74 Å². The molecular weight excluding hydrogens is 298 g/mol. The first kappa shape index (κ1) is 16.6. The van der Waals surface area contributed by atoms with E-state index >= 15 is 0 Å². The van der Waals surface area contributed by atoms with Crippen molar-refractivity contribution in [1.82, 2.24) is 15.2 Å². The second-order valence-corrected chi connectivity index (χ2v) is 4.63. The molecule has 0 amide bonds. The van der Waals surface area contributed by atoms with E-state index in [1.54, 1.807) is 37.6 Å². The maximum Gasteiger partial charge on any atom is 0.337 e. The second-order valence-electron chi connectivity index (χ2n) is 4.63. The first-order valence-electron chi connectivity index (χ1n) is 7.11. The number of ether oxygens (including phenoxy) is 2. The van der Waals surface area contributed by atoms with E-state index in [9.17, 15) is 4.79 Å². The molecule has 122 valence electrons. The van der Waals surface area contributed by atoms with E-state index in [-0.39, 0.29) is 5.97 Å². The summed E-state index contributed by atoms with van der Waals surface area (Å²) in [6, 6.07) is 6.81. The van der Waals surface area contributed by atoms with Crippen LogP contribution in [0.4, 0.5) is 17.5 Å². The SMILES string of the molecule is COCCCNc1cnnc(Nc2ccc(C(=O)OC)cc2)n1. The van der Waals surface area contributed by atoms with Crippen molar-refractivity contribution in [2.24, 2.45) is 0 Å². The predicted molar refractivity (Wildman–Crippen MR) is 85.9 cm³/mol. The van der Waals surface area contributed by atoms with Gasteiger partial charge in [0.25, 0.3) is 0 Å². The fourth-order valence-corrected chi connectivity index (χ4v) is 1.81. The Morgan fingerprint density at radius 1 is 1.22 bits per heavy atom. The molecule has 0 aliphatic heterocycles. The van der Waals surface area contributed by atoms with Gasteiger partial charge < -0.3 is 20.1 Å². The zero-order chi connectivity index (χ0) is 16.5. The molecule has 0 aliphatic rings. The number of esters is 1. The van der Waals surface area contributed by atoms with Crippen molar-refractivity contribution in [3.8, 4) is 0 Å². The summed E-state index contributed by atoms with van der Waals surface area (Å²) in [4.78, 5) is 15.7. The van der Waals surface area contributed by atoms with Crippen molar-refractivity contribution < 1.29 is 14.3 Å². The van der Waals surface area contributed by atoms with Crippen molar-refractivity contribution in [1.29, 1.82) is 0 Å². The normalized spacial score (nSPS) is 10.2. The van der Waals surface area contributed by atoms with Crippen molar-refractivity contribution >= 4 is 23.4 Å². The number of benzene rings is 1. The highest BCUT2D eigenvalue weighted by Gasteiger charge is 2.05. The zero-order valence-corrected chi connectivity index (χ0v) is 13.1. The number of carbonyl (C=O) groups is 1. The van der Waals surface area contributed by atoms with Gasteiger partial charge in [-0.3, -0.25) is 0 Å². The topological polar surface area (TPSA) is 98.3 Å². The Hall–Kier alpha value is -2.74. The highest BCUT2D eigenvalue weighted by Crippen LogP contribution is 2.15. The fraction of sp³-hybridized carbons (Fsp3) is 0.333. The summed E-state index contributed by atoms with van der Waals surface area (Å²) in [5.41, 5.74) is 1.22. The molecule has 1 heterocycles. The molecule has 0 spiro atoms. The summed E-state index contributed by atoms with van der Waals surface area (Å²) in [5.74, 6) is 0.620. The predicted octanol–water partition coefficient (Wildman–Crippen LogP) is 1.85. The van der Waals surface area contributed by atoms with Crippen LogP contribution < -0.4 is 10.6 Å². The third kappa shape index (κ3) is 5.19. The van der Waals surface area contributed by atoms with E-state index in [1.807, 2.05) is 0 Å². The van der Waals surface area contributed by atoms with Crippen LogP contribution in [0.1, 0.15) is 16.8 Å². The van der Waals surface area contributed by atoms with Gasteiger partial charge >= 0.3 is 5.97 Å². The maximum absolute atomic E-state index is 11.4. The van der Waals surface area contributed by atoms with Crippen LogP contribution >= 0.6 is 0 Å². The molecule has 0 unspecified atom stereocenters. The van der Waals surface area contributed by atoms with Gasteiger partial charge in [-0.1, -0.05) is 0 Å². The smallest absolute Gasteiger partial charge is 0.337 e. The number of methoxy groups -OCH3 is 2. The molecule has 0 radical (unpaired) electrons. The Labute approximate surface area is 134 Å². The molecule has 8 nitrogen and oxygen atoms in total. The quantitative estimate of drug-likeness (QED) is 0.562. The lowest BCUT2D eigenvalue weighted by Crippen LogP contribution is -2.08. The van der Waals surface area contributed by atoms with Crippen LogP contribution in [0.3, 0.4) is 0 Å². The first-order chi connectivity index (χ1) is 11.2. The minimum absolute atomic E-state index is 0.368. The van der Waals surface area contributed by atoms with Crippen LogP contribution in [-0.4, -0.2) is 48.5 Å². The third-order valence-electron chi connectivity index (χ3n) is 2.95. The van der Waals surface area contributed by atoms with E-state index in [0.717, 1.165) is 18.7 Å². The lowest BCUT2D eigenvalue weighted by molar-refractivity contribution is 0.0601. The number of rotatable bonds is 8. The van der Waals surface area contributed by atoms with Crippen LogP contribution in [0.5, 0.6) is 0 Å². The van der Waals surface area contributed by atoms with Gasteiger partial charge in [0, 0.05) is 25.9 Å². The van der Waals surface area contributed by atoms with Crippen molar-refractivity contribution in [3.63, 3.8) is 0 Å². The van der Waals surface area contributed by atoms with Gasteiger partial charge in [-0.15, -0.1) is 5.10 Å². The molecule has 2 rings (SSSR count). The van der Waals surface area contributed by atoms with Crippen molar-refractivity contribution in [2.75, 3.05) is 38.0 Å². The zero-order valence-electron chi connectivity index (χ0n) is 13.1. The highest BCUT2D eigenvalue weighted by molar-refractivity contribution is 5.89. The van der Waals surface area contributed by atoms with Gasteiger partial charge in [-0.25, -0.2) is 4.79 Å². The summed E-state index contributed by atoms with van der Waals surface area (Å²) in [6.07, 6.45) is 2.43. The van der Waals surface area contributed by atoms with E-state index in [0.29, 0.717) is 23.9 Å². The Kier molecular flexibility index (Phi) is 6.25. The molecule has 0 saturated heterocycles. The molecule has 1 aromatic heterocycles. The highest BCUT2D eigenvalue weighted by atomic mass is 16.5. The fourth-order valence-electron chi connectivity index (χ4n) is 1.81. The number of nitrogens with zero attached hydrogens (tertiary/aromatic N) is 3. The van der Waals surface area contributed by atoms with Crippen LogP contribution in [-0.2, 0) is 9.47 Å². The molecule has 8 heteroatoms. The van der Waals surface area contributed by atoms with Gasteiger partial charge in [0.05, 0.1) is 18.9 Å². The number of hydrogen-bond acceptors (Lipinski definition) is 8. The molecule has 0 atom stereocenters. The van der Waals surface area contributed by atoms with Gasteiger partial charge in [0.2, 0.25) is 5.95 Å². The van der Waals surface area contributed by atoms with Gasteiger partial charge in [0.15, 0.2) is 5.82 Å². The summed E-state index contributed by atoms with van der Waals surface area (Å²) in [7, 11) is 3.01. The number of aromatic nitrogens is 3. The van der Waals surface area contributed by atoms with Crippen molar-refractivity contribution in [2.45, 2.75) is 6.42 Å². The molecule has 23 heavy (non-hydrogen) atoms. The van der Waals surface area contributed by atoms with Crippen LogP contribution in [0.25, 0.3) is 0 Å². The molecule has 0 aliphatic carbocycles. The number of nitrogens with one attached hydrogen (secondary N) is 2. The Morgan fingerprint density at radius 2 is 2.00 bits per heavy atom. The van der Waals surface area contributed by atoms with Gasteiger partial charge in [-0.2, -0.15) is 10.1 Å². The molecule has 2 N–H and O–H groups in total. The van der Waals surface area contributed by atoms with Crippen molar-refractivity contribution in [3.05, 3.63) is 36.0 Å². The molecule has 1 aromatic carbocycles. The number of hydrogen-bond donors (Lipinski definition) is 2.